The molecule has 0 saturated carbocycles. The van der Waals surface area contributed by atoms with E-state index in [1.807, 2.05) is 16.9 Å². The van der Waals surface area contributed by atoms with Crippen LogP contribution in [0.15, 0.2) is 12.3 Å². The molecule has 4 nitrogen and oxygen atoms in total. The minimum Gasteiger partial charge on any atom is -0.382 e. The Balaban J connectivity index is 1.99. The maximum absolute atomic E-state index is 11.0. The fourth-order valence-corrected chi connectivity index (χ4v) is 3.48. The number of rotatable bonds is 2. The summed E-state index contributed by atoms with van der Waals surface area (Å²) in [6, 6.07) is 2.60. The Labute approximate surface area is 102 Å². The van der Waals surface area contributed by atoms with Crippen LogP contribution in [-0.4, -0.2) is 38.9 Å². The van der Waals surface area contributed by atoms with Gasteiger partial charge in [0.2, 0.25) is 0 Å². The molecule has 3 rings (SSSR count). The topological polar surface area (TPSA) is 41.3 Å². The van der Waals surface area contributed by atoms with Crippen LogP contribution in [0.25, 0.3) is 0 Å². The summed E-state index contributed by atoms with van der Waals surface area (Å²) < 4.78 is 1.97. The van der Waals surface area contributed by atoms with Gasteiger partial charge in [-0.2, -0.15) is 5.10 Å². The molecule has 2 aliphatic rings. The molecule has 1 N–H and O–H groups in total. The molecule has 0 aromatic carbocycles. The fourth-order valence-electron chi connectivity index (χ4n) is 3.48. The normalized spacial score (nSPS) is 33.5. The summed E-state index contributed by atoms with van der Waals surface area (Å²) in [4.78, 5) is 2.43. The van der Waals surface area contributed by atoms with Crippen LogP contribution in [0.3, 0.4) is 0 Å². The predicted octanol–water partition coefficient (Wildman–Crippen LogP) is 1.52. The molecule has 0 amide bonds. The second-order valence-corrected chi connectivity index (χ2v) is 5.62. The number of fused-ring (bicyclic) bond motifs is 1. The van der Waals surface area contributed by atoms with Gasteiger partial charge in [-0.25, -0.2) is 0 Å². The van der Waals surface area contributed by atoms with Crippen molar-refractivity contribution < 1.29 is 5.11 Å². The summed E-state index contributed by atoms with van der Waals surface area (Å²) in [7, 11) is 0. The van der Waals surface area contributed by atoms with Crippen molar-refractivity contribution in [2.75, 3.05) is 13.1 Å². The maximum atomic E-state index is 11.0. The van der Waals surface area contributed by atoms with Gasteiger partial charge in [0.15, 0.2) is 0 Å². The lowest BCUT2D eigenvalue weighted by Gasteiger charge is -2.31. The monoisotopic (exact) mass is 235 g/mol. The van der Waals surface area contributed by atoms with Crippen molar-refractivity contribution in [3.05, 3.63) is 18.0 Å². The van der Waals surface area contributed by atoms with E-state index in [4.69, 9.17) is 0 Å². The van der Waals surface area contributed by atoms with Gasteiger partial charge in [-0.3, -0.25) is 9.58 Å². The Hall–Kier alpha value is -0.870. The van der Waals surface area contributed by atoms with Crippen molar-refractivity contribution in [3.63, 3.8) is 0 Å². The van der Waals surface area contributed by atoms with Crippen LogP contribution in [0.5, 0.6) is 0 Å². The molecule has 4 heteroatoms. The number of hydrogen-bond donors (Lipinski definition) is 1. The van der Waals surface area contributed by atoms with E-state index >= 15 is 0 Å². The molecule has 1 aromatic rings. The lowest BCUT2D eigenvalue weighted by Crippen LogP contribution is -2.40. The average molecular weight is 235 g/mol. The lowest BCUT2D eigenvalue weighted by molar-refractivity contribution is 0.000231. The molecule has 2 aliphatic heterocycles. The first-order chi connectivity index (χ1) is 8.13. The molecule has 94 valence electrons. The molecule has 0 aliphatic carbocycles. The third-order valence-electron chi connectivity index (χ3n) is 4.30. The van der Waals surface area contributed by atoms with Crippen molar-refractivity contribution >= 4 is 0 Å². The zero-order valence-corrected chi connectivity index (χ0v) is 10.6. The van der Waals surface area contributed by atoms with Gasteiger partial charge in [0.05, 0.1) is 5.69 Å². The van der Waals surface area contributed by atoms with E-state index in [9.17, 15) is 5.11 Å². The summed E-state index contributed by atoms with van der Waals surface area (Å²) >= 11 is 0. The molecular weight excluding hydrogens is 214 g/mol. The van der Waals surface area contributed by atoms with Crippen molar-refractivity contribution in [1.29, 1.82) is 0 Å². The standard InChI is InChI=1S/C13H21N3O/c1-10(2)16-12(5-7-14-16)13(17)6-9-15-8-3-4-11(13)15/h5,7,10-11,17H,3-4,6,8-9H2,1-2H3. The Morgan fingerprint density at radius 1 is 1.47 bits per heavy atom. The van der Waals surface area contributed by atoms with Crippen LogP contribution in [0.2, 0.25) is 0 Å². The zero-order chi connectivity index (χ0) is 12.0. The van der Waals surface area contributed by atoms with Gasteiger partial charge in [-0.05, 0) is 45.7 Å². The van der Waals surface area contributed by atoms with Gasteiger partial charge in [-0.15, -0.1) is 0 Å². The molecule has 2 atom stereocenters. The van der Waals surface area contributed by atoms with Crippen LogP contribution >= 0.6 is 0 Å². The van der Waals surface area contributed by atoms with Gasteiger partial charge >= 0.3 is 0 Å². The van der Waals surface area contributed by atoms with Crippen LogP contribution in [0, 0.1) is 0 Å². The van der Waals surface area contributed by atoms with Gasteiger partial charge in [0, 0.05) is 24.8 Å². The summed E-state index contributed by atoms with van der Waals surface area (Å²) in [6.07, 6.45) is 4.98. The van der Waals surface area contributed by atoms with E-state index < -0.39 is 5.60 Å². The minimum atomic E-state index is -0.683. The highest BCUT2D eigenvalue weighted by Crippen LogP contribution is 2.43. The molecular formula is C13H21N3O. The highest BCUT2D eigenvalue weighted by molar-refractivity contribution is 5.20. The third-order valence-corrected chi connectivity index (χ3v) is 4.30. The van der Waals surface area contributed by atoms with E-state index in [0.717, 1.165) is 31.6 Å². The number of aromatic nitrogens is 2. The van der Waals surface area contributed by atoms with Crippen LogP contribution in [-0.2, 0) is 5.60 Å². The predicted molar refractivity (Wildman–Crippen MR) is 65.7 cm³/mol. The first-order valence-electron chi connectivity index (χ1n) is 6.63. The maximum Gasteiger partial charge on any atom is 0.123 e. The number of nitrogens with zero attached hydrogens (tertiary/aromatic N) is 3. The van der Waals surface area contributed by atoms with Crippen LogP contribution < -0.4 is 0 Å². The molecule has 0 spiro atoms. The first kappa shape index (κ1) is 11.2. The Morgan fingerprint density at radius 2 is 2.29 bits per heavy atom. The van der Waals surface area contributed by atoms with E-state index in [0.29, 0.717) is 12.1 Å². The number of hydrogen-bond acceptors (Lipinski definition) is 3. The Kier molecular flexibility index (Phi) is 2.52. The van der Waals surface area contributed by atoms with E-state index in [1.54, 1.807) is 0 Å². The van der Waals surface area contributed by atoms with Crippen molar-refractivity contribution in [2.45, 2.75) is 50.8 Å². The molecule has 0 bridgehead atoms. The van der Waals surface area contributed by atoms with Crippen molar-refractivity contribution in [1.82, 2.24) is 14.7 Å². The number of aliphatic hydroxyl groups is 1. The second kappa shape index (κ2) is 3.82. The summed E-state index contributed by atoms with van der Waals surface area (Å²) in [5.74, 6) is 0. The average Bonchev–Trinajstić information content (AvgIpc) is 2.96. The summed E-state index contributed by atoms with van der Waals surface area (Å²) in [5.41, 5.74) is 0.318. The largest absolute Gasteiger partial charge is 0.382 e. The van der Waals surface area contributed by atoms with E-state index in [-0.39, 0.29) is 0 Å². The Morgan fingerprint density at radius 3 is 3.06 bits per heavy atom. The minimum absolute atomic E-state index is 0.302. The molecule has 17 heavy (non-hydrogen) atoms. The Bertz CT molecular complexity index is 415. The fraction of sp³-hybridized carbons (Fsp3) is 0.769. The molecule has 2 fully saturated rings. The van der Waals surface area contributed by atoms with Gasteiger partial charge in [-0.1, -0.05) is 0 Å². The first-order valence-corrected chi connectivity index (χ1v) is 6.63. The van der Waals surface area contributed by atoms with Crippen LogP contribution in [0.1, 0.15) is 44.8 Å². The zero-order valence-electron chi connectivity index (χ0n) is 10.6. The summed E-state index contributed by atoms with van der Waals surface area (Å²) in [5, 5.41) is 15.4. The van der Waals surface area contributed by atoms with Crippen molar-refractivity contribution in [3.8, 4) is 0 Å². The highest BCUT2D eigenvalue weighted by Gasteiger charge is 2.50. The van der Waals surface area contributed by atoms with Crippen molar-refractivity contribution in [2.24, 2.45) is 0 Å². The molecule has 3 heterocycles. The van der Waals surface area contributed by atoms with Gasteiger partial charge in [0.1, 0.15) is 5.60 Å². The summed E-state index contributed by atoms with van der Waals surface area (Å²) in [6.45, 7) is 6.38. The molecule has 1 aromatic heterocycles. The smallest absolute Gasteiger partial charge is 0.123 e. The van der Waals surface area contributed by atoms with E-state index in [2.05, 4.69) is 23.8 Å². The molecule has 0 radical (unpaired) electrons. The van der Waals surface area contributed by atoms with Gasteiger partial charge < -0.3 is 5.11 Å². The SMILES string of the molecule is CC(C)n1nccc1C1(O)CCN2CCCC21. The third kappa shape index (κ3) is 1.54. The van der Waals surface area contributed by atoms with Crippen LogP contribution in [0.4, 0.5) is 0 Å². The lowest BCUT2D eigenvalue weighted by atomic mass is 9.89. The second-order valence-electron chi connectivity index (χ2n) is 5.62. The molecule has 2 saturated heterocycles. The highest BCUT2D eigenvalue weighted by atomic mass is 16.3. The van der Waals surface area contributed by atoms with Gasteiger partial charge in [0.25, 0.3) is 0 Å². The molecule has 2 unspecified atom stereocenters. The van der Waals surface area contributed by atoms with E-state index in [1.165, 1.54) is 6.42 Å². The quantitative estimate of drug-likeness (QED) is 0.845.